The van der Waals surface area contributed by atoms with Gasteiger partial charge < -0.3 is 111 Å². The van der Waals surface area contributed by atoms with Crippen molar-refractivity contribution >= 4 is 108 Å². The maximum Gasteiger partial charge on any atom is 0.374 e. The molecule has 884 valence electrons. The van der Waals surface area contributed by atoms with Crippen LogP contribution in [0, 0.1) is 11.8 Å². The summed E-state index contributed by atoms with van der Waals surface area (Å²) < 4.78 is 154. The van der Waals surface area contributed by atoms with Crippen LogP contribution in [0.5, 0.6) is 0 Å². The van der Waals surface area contributed by atoms with Gasteiger partial charge in [-0.05, 0) is 285 Å². The lowest BCUT2D eigenvalue weighted by atomic mass is 9.88. The van der Waals surface area contributed by atoms with Crippen LogP contribution >= 0.6 is 0 Å². The summed E-state index contributed by atoms with van der Waals surface area (Å²) >= 11 is 0. The summed E-state index contributed by atoms with van der Waals surface area (Å²) in [5.41, 5.74) is 7.21. The van der Waals surface area contributed by atoms with E-state index in [2.05, 4.69) is 164 Å². The zero-order valence-corrected chi connectivity index (χ0v) is 103. The molecule has 6 rings (SSSR count). The van der Waals surface area contributed by atoms with Gasteiger partial charge in [-0.1, -0.05) is 201 Å². The van der Waals surface area contributed by atoms with Gasteiger partial charge in [0.2, 0.25) is 0 Å². The Hall–Kier alpha value is -0.477. The van der Waals surface area contributed by atoms with Crippen LogP contribution < -0.4 is 5.19 Å². The molecule has 0 N–H and O–H groups in total. The summed E-state index contributed by atoms with van der Waals surface area (Å²) in [6, 6.07) is 12.1. The number of hydrogen-bond acceptors (Lipinski definition) is 25. The Morgan fingerprint density at radius 1 is 0.315 bits per heavy atom. The van der Waals surface area contributed by atoms with Gasteiger partial charge in [0, 0.05) is 210 Å². The summed E-state index contributed by atoms with van der Waals surface area (Å²) in [6.07, 6.45) is 29.6. The van der Waals surface area contributed by atoms with Crippen LogP contribution in [0.25, 0.3) is 0 Å². The van der Waals surface area contributed by atoms with E-state index in [0.717, 1.165) is 83.3 Å². The first kappa shape index (κ1) is 170. The molecule has 5 aliphatic rings. The first-order valence-electron chi connectivity index (χ1n) is 52.4. The Balaban J connectivity index is -0.000000146. The average Bonchev–Trinajstić information content (AvgIpc) is 1.38. The Kier molecular flexibility index (Phi) is 109. The third kappa shape index (κ3) is 61.6. The number of hydrogen-bond donors (Lipinski definition) is 0. The number of allylic oxidation sites excluding steroid dienone is 9. The van der Waals surface area contributed by atoms with Gasteiger partial charge in [0.1, 0.15) is 0 Å². The van der Waals surface area contributed by atoms with Crippen molar-refractivity contribution in [1.82, 2.24) is 0 Å². The van der Waals surface area contributed by atoms with Crippen LogP contribution in [0.1, 0.15) is 340 Å². The zero-order chi connectivity index (χ0) is 101. The lowest BCUT2D eigenvalue weighted by Crippen LogP contribution is -2.60. The second-order valence-corrected chi connectivity index (χ2v) is 77.7. The minimum Gasteiger partial charge on any atom is -0.395 e. The van der Waals surface area contributed by atoms with Crippen molar-refractivity contribution in [3.8, 4) is 0 Å². The van der Waals surface area contributed by atoms with E-state index < -0.39 is 103 Å². The number of ether oxygens (including phenoxy) is 1. The van der Waals surface area contributed by atoms with Crippen LogP contribution in [0.2, 0.25) is 96.5 Å². The minimum absolute atomic E-state index is 0. The van der Waals surface area contributed by atoms with Crippen LogP contribution in [-0.2, 0) is 111 Å². The van der Waals surface area contributed by atoms with E-state index in [1.165, 1.54) is 68.6 Å². The van der Waals surface area contributed by atoms with Gasteiger partial charge in [-0.3, -0.25) is 0 Å². The van der Waals surface area contributed by atoms with Gasteiger partial charge in [0.15, 0.2) is 0 Å². The van der Waals surface area contributed by atoms with Gasteiger partial charge in [0.05, 0.1) is 12.2 Å². The average molecular weight is 2300 g/mol. The van der Waals surface area contributed by atoms with Crippen molar-refractivity contribution in [3.05, 3.63) is 90.2 Å². The Morgan fingerprint density at radius 2 is 0.616 bits per heavy atom. The van der Waals surface area contributed by atoms with Gasteiger partial charge >= 0.3 is 103 Å². The second kappa shape index (κ2) is 93.4. The fourth-order valence-electron chi connectivity index (χ4n) is 19.6. The highest BCUT2D eigenvalue weighted by molar-refractivity contribution is 6.93. The quantitative estimate of drug-likeness (QED) is 0.0335. The maximum absolute atomic E-state index is 6.39. The van der Waals surface area contributed by atoms with Crippen LogP contribution in [-0.4, -0.2) is 274 Å². The smallest absolute Gasteiger partial charge is 0.374 e. The van der Waals surface area contributed by atoms with Gasteiger partial charge in [0.25, 0.3) is 0 Å². The molecule has 1 saturated heterocycles. The second-order valence-electron chi connectivity index (χ2n) is 35.2. The number of epoxide rings is 1. The largest absolute Gasteiger partial charge is 0.395 e. The Bertz CT molecular complexity index is 3150. The molecule has 3 atom stereocenters. The summed E-state index contributed by atoms with van der Waals surface area (Å²) in [4.78, 5) is 0. The third-order valence-electron chi connectivity index (χ3n) is 24.1. The van der Waals surface area contributed by atoms with Crippen molar-refractivity contribution in [2.75, 3.05) is 159 Å². The highest BCUT2D eigenvalue weighted by atomic mass is 28.4. The van der Waals surface area contributed by atoms with Crippen molar-refractivity contribution in [3.63, 3.8) is 0 Å². The van der Waals surface area contributed by atoms with E-state index >= 15 is 0 Å². The normalized spacial score (nSPS) is 15.9. The number of fused-ring (bicyclic) bond motifs is 1. The molecular formula is C109H250O25Si12. The summed E-state index contributed by atoms with van der Waals surface area (Å²) in [7, 11) is -28.1. The van der Waals surface area contributed by atoms with Crippen molar-refractivity contribution in [1.29, 1.82) is 0 Å². The molecule has 25 nitrogen and oxygen atoms in total. The van der Waals surface area contributed by atoms with Crippen molar-refractivity contribution < 1.29 is 111 Å². The predicted molar refractivity (Wildman–Crippen MR) is 658 cm³/mol. The molecule has 0 radical (unpaired) electrons. The molecule has 1 aliphatic heterocycles. The van der Waals surface area contributed by atoms with Gasteiger partial charge in [-0.25, -0.2) is 0 Å². The van der Waals surface area contributed by atoms with Gasteiger partial charge in [-0.15, -0.1) is 6.58 Å². The first-order chi connectivity index (χ1) is 64.0. The van der Waals surface area contributed by atoms with Crippen LogP contribution in [0.4, 0.5) is 0 Å². The maximum atomic E-state index is 6.39. The topological polar surface area (TPSA) is 234 Å². The molecule has 3 fully saturated rings. The summed E-state index contributed by atoms with van der Waals surface area (Å²) in [5.74, 6) is 1.35. The summed E-state index contributed by atoms with van der Waals surface area (Å²) in [5, 5.41) is 2.50. The minimum atomic E-state index is -2.57. The predicted octanol–water partition coefficient (Wildman–Crippen LogP) is 31.5. The zero-order valence-electron chi connectivity index (χ0n) is 91.2. The fourth-order valence-corrected chi connectivity index (χ4v) is 77.5. The molecule has 0 bridgehead atoms. The van der Waals surface area contributed by atoms with Crippen LogP contribution in [0.15, 0.2) is 90.2 Å². The molecule has 1 heterocycles. The van der Waals surface area contributed by atoms with E-state index in [9.17, 15) is 0 Å². The number of benzene rings is 1. The standard InChI is InChI=1S/C19H38O4Si2.C18H38O5Si2.C16H36O4Si2.C16H30O4Si2.C15H30O4Si2.C13H30O4Si2.12CH4/c1-8-20-24(7,21-9-2)16-25(22-10-3,23-11-4)19-14-12-18(13-15-19)17(5)6;1-6-19-24(5,20-7-2)15-25(21-8-3,22-9-4)13-12-16-10-11-17-18(14-16)23-17;2*1-6-17-21(5,18-7-2)15-22(19-8-3,20-9-4)16-13-11-10-12-14-16;1-6-16-20(5,17-7-2)14-21(18-8-3,19-9-4)15-12-10-11-13-15;1-7-12-19(16-10-4,17-11-5)13-18(6,14-8-2)15-9-3;;;;;;;;;;;;/h12,14,17H,8-11,13,15-16H2,1-7H3;16-18H,6-15H2,1-5H3;16H,6-15H2,1-5H3;10-14H,6-9,15H2,1-5H3;10-13,15H,6-9,14H2,1-5H3;7H,1,8-13H2,2-6H3;12*1H4. The van der Waals surface area contributed by atoms with E-state index in [4.69, 9.17) is 111 Å². The number of rotatable bonds is 70. The monoisotopic (exact) mass is 2300 g/mol. The lowest BCUT2D eigenvalue weighted by Gasteiger charge is -2.42. The molecule has 0 aromatic heterocycles. The van der Waals surface area contributed by atoms with E-state index in [-0.39, 0.29) is 94.7 Å². The van der Waals surface area contributed by atoms with Crippen molar-refractivity contribution in [2.24, 2.45) is 11.8 Å². The van der Waals surface area contributed by atoms with Gasteiger partial charge in [-0.2, -0.15) is 0 Å². The molecule has 37 heteroatoms. The first-order valence-corrected chi connectivity index (χ1v) is 80.3. The molecule has 2 saturated carbocycles. The van der Waals surface area contributed by atoms with Crippen molar-refractivity contribution in [2.45, 2.75) is 448 Å². The van der Waals surface area contributed by atoms with E-state index in [1.54, 1.807) is 0 Å². The highest BCUT2D eigenvalue weighted by Crippen LogP contribution is 2.46. The SMILES string of the molecule is C.C.C.C.C.C.C.C.C.C.C.C.C=CC[Si](C[Si](C)(OCC)OCC)(OCC)OCC.CCO[Si](C)(C[Si](CCC1CCC2OC2C1)(OCC)OCC)OCC.CCO[Si](C)(C[Si](OCC)(OCC)C1=CC=C(C(C)C)CC1)OCC.CCO[Si](C)(C[Si](OCC)(OCC)C1C=CC=C1)OCC.CCO[Si](C)(C[Si](OCC)(OCC)C1CCCCC1)OCC.CCO[Si](C)(C[Si](OCC)(OCC)c1ccccc1)OCC. The molecule has 0 amide bonds. The molecule has 146 heavy (non-hydrogen) atoms. The molecule has 3 unspecified atom stereocenters. The Labute approximate surface area is 921 Å². The molecule has 1 aromatic rings. The van der Waals surface area contributed by atoms with E-state index in [1.807, 2.05) is 135 Å². The van der Waals surface area contributed by atoms with Crippen LogP contribution in [0.3, 0.4) is 0 Å². The van der Waals surface area contributed by atoms with E-state index in [0.29, 0.717) is 169 Å². The molecule has 0 spiro atoms. The fraction of sp³-hybridized carbons (Fsp3) is 0.853. The highest BCUT2D eigenvalue weighted by Gasteiger charge is 2.58. The molecule has 4 aliphatic carbocycles. The molecule has 1 aromatic carbocycles. The third-order valence-corrected chi connectivity index (χ3v) is 79.5. The lowest BCUT2D eigenvalue weighted by molar-refractivity contribution is 0.152. The molecular weight excluding hydrogens is 2050 g/mol. The Morgan fingerprint density at radius 3 is 0.932 bits per heavy atom. The summed E-state index contributed by atoms with van der Waals surface area (Å²) in [6.45, 7) is 86.2.